The number of ether oxygens (including phenoxy) is 1. The van der Waals surface area contributed by atoms with Crippen LogP contribution in [-0.2, 0) is 4.74 Å². The highest BCUT2D eigenvalue weighted by Gasteiger charge is 2.10. The first-order valence-corrected chi connectivity index (χ1v) is 7.06. The largest absolute Gasteiger partial charge is 0.377 e. The Bertz CT molecular complexity index is 308. The summed E-state index contributed by atoms with van der Waals surface area (Å²) < 4.78 is 5.95. The fraction of sp³-hybridized carbons (Fsp3) is 0.625. The Labute approximate surface area is 112 Å². The lowest BCUT2D eigenvalue weighted by Crippen LogP contribution is -2.32. The first kappa shape index (κ1) is 15.2. The summed E-state index contributed by atoms with van der Waals surface area (Å²) in [5.41, 5.74) is 1.35. The van der Waals surface area contributed by atoms with Crippen molar-refractivity contribution >= 4 is 0 Å². The van der Waals surface area contributed by atoms with Gasteiger partial charge in [0.05, 0.1) is 12.7 Å². The topological polar surface area (TPSA) is 12.5 Å². The Balaban J connectivity index is 2.32. The predicted molar refractivity (Wildman–Crippen MR) is 78.1 cm³/mol. The van der Waals surface area contributed by atoms with Crippen LogP contribution in [0.4, 0.5) is 0 Å². The molecule has 0 aromatic heterocycles. The zero-order valence-electron chi connectivity index (χ0n) is 12.2. The fourth-order valence-electron chi connectivity index (χ4n) is 2.08. The molecule has 1 rings (SSSR count). The van der Waals surface area contributed by atoms with Crippen LogP contribution in [0.25, 0.3) is 0 Å². The molecular weight excluding hydrogens is 222 g/mol. The minimum Gasteiger partial charge on any atom is -0.377 e. The third-order valence-corrected chi connectivity index (χ3v) is 3.41. The molecule has 1 aromatic carbocycles. The molecule has 0 saturated heterocycles. The Morgan fingerprint density at radius 1 is 1.06 bits per heavy atom. The number of nitrogens with zero attached hydrogens (tertiary/aromatic N) is 1. The van der Waals surface area contributed by atoms with E-state index in [1.165, 1.54) is 5.56 Å². The second-order valence-electron chi connectivity index (χ2n) is 4.94. The van der Waals surface area contributed by atoms with Crippen LogP contribution in [0.5, 0.6) is 0 Å². The van der Waals surface area contributed by atoms with E-state index in [2.05, 4.69) is 62.9 Å². The van der Waals surface area contributed by atoms with Crippen LogP contribution in [0.15, 0.2) is 30.3 Å². The second kappa shape index (κ2) is 8.28. The Morgan fingerprint density at radius 3 is 2.22 bits per heavy atom. The van der Waals surface area contributed by atoms with Gasteiger partial charge < -0.3 is 9.64 Å². The van der Waals surface area contributed by atoms with Gasteiger partial charge in [-0.15, -0.1) is 0 Å². The zero-order chi connectivity index (χ0) is 13.4. The minimum absolute atomic E-state index is 0.302. The third kappa shape index (κ3) is 5.19. The summed E-state index contributed by atoms with van der Waals surface area (Å²) >= 11 is 0. The summed E-state index contributed by atoms with van der Waals surface area (Å²) in [5, 5.41) is 0. The molecule has 0 spiro atoms. The summed E-state index contributed by atoms with van der Waals surface area (Å²) in [7, 11) is 0. The minimum atomic E-state index is 0.302. The predicted octanol–water partition coefficient (Wildman–Crippen LogP) is 3.54. The SMILES string of the molecule is CCN(CC)CC(C)OCC(C)c1ccccc1. The Morgan fingerprint density at radius 2 is 1.67 bits per heavy atom. The smallest absolute Gasteiger partial charge is 0.0674 e. The molecule has 2 nitrogen and oxygen atoms in total. The van der Waals surface area contributed by atoms with Crippen LogP contribution < -0.4 is 0 Å². The maximum absolute atomic E-state index is 5.95. The van der Waals surface area contributed by atoms with Crippen molar-refractivity contribution in [1.29, 1.82) is 0 Å². The van der Waals surface area contributed by atoms with Gasteiger partial charge in [0, 0.05) is 12.5 Å². The van der Waals surface area contributed by atoms with Crippen LogP contribution in [0.3, 0.4) is 0 Å². The Kier molecular flexibility index (Phi) is 6.99. The molecule has 0 amide bonds. The first-order chi connectivity index (χ1) is 8.67. The molecule has 2 atom stereocenters. The van der Waals surface area contributed by atoms with E-state index in [0.29, 0.717) is 12.0 Å². The summed E-state index contributed by atoms with van der Waals surface area (Å²) in [4.78, 5) is 2.40. The van der Waals surface area contributed by atoms with Gasteiger partial charge in [0.1, 0.15) is 0 Å². The van der Waals surface area contributed by atoms with Crippen molar-refractivity contribution in [2.75, 3.05) is 26.2 Å². The molecule has 18 heavy (non-hydrogen) atoms. The van der Waals surface area contributed by atoms with Gasteiger partial charge in [0.25, 0.3) is 0 Å². The van der Waals surface area contributed by atoms with Crippen molar-refractivity contribution in [2.24, 2.45) is 0 Å². The van der Waals surface area contributed by atoms with E-state index in [4.69, 9.17) is 4.74 Å². The maximum Gasteiger partial charge on any atom is 0.0674 e. The molecule has 0 N–H and O–H groups in total. The highest BCUT2D eigenvalue weighted by Crippen LogP contribution is 2.15. The molecule has 1 aromatic rings. The summed E-state index contributed by atoms with van der Waals surface area (Å²) in [6.45, 7) is 12.8. The van der Waals surface area contributed by atoms with Crippen molar-refractivity contribution in [3.05, 3.63) is 35.9 Å². The van der Waals surface area contributed by atoms with Crippen LogP contribution in [0.1, 0.15) is 39.2 Å². The maximum atomic E-state index is 5.95. The van der Waals surface area contributed by atoms with Crippen molar-refractivity contribution < 1.29 is 4.74 Å². The first-order valence-electron chi connectivity index (χ1n) is 7.06. The van der Waals surface area contributed by atoms with Gasteiger partial charge in [-0.25, -0.2) is 0 Å². The third-order valence-electron chi connectivity index (χ3n) is 3.41. The van der Waals surface area contributed by atoms with Gasteiger partial charge in [-0.05, 0) is 25.6 Å². The van der Waals surface area contributed by atoms with E-state index in [9.17, 15) is 0 Å². The molecule has 0 aliphatic carbocycles. The van der Waals surface area contributed by atoms with E-state index in [-0.39, 0.29) is 0 Å². The lowest BCUT2D eigenvalue weighted by molar-refractivity contribution is 0.0336. The number of hydrogen-bond acceptors (Lipinski definition) is 2. The summed E-state index contributed by atoms with van der Waals surface area (Å²) in [6.07, 6.45) is 0.302. The normalized spacial score (nSPS) is 14.7. The van der Waals surface area contributed by atoms with E-state index in [1.54, 1.807) is 0 Å². The summed E-state index contributed by atoms with van der Waals surface area (Å²) in [6, 6.07) is 10.6. The second-order valence-corrected chi connectivity index (χ2v) is 4.94. The molecule has 0 saturated carbocycles. The standard InChI is InChI=1S/C16H27NO/c1-5-17(6-2)12-15(4)18-13-14(3)16-10-8-7-9-11-16/h7-11,14-15H,5-6,12-13H2,1-4H3. The molecule has 0 radical (unpaired) electrons. The van der Waals surface area contributed by atoms with Crippen molar-refractivity contribution in [2.45, 2.75) is 39.7 Å². The number of rotatable bonds is 8. The molecule has 2 heteroatoms. The lowest BCUT2D eigenvalue weighted by atomic mass is 10.0. The van der Waals surface area contributed by atoms with E-state index in [0.717, 1.165) is 26.2 Å². The van der Waals surface area contributed by atoms with Crippen LogP contribution in [-0.4, -0.2) is 37.2 Å². The molecule has 0 bridgehead atoms. The molecular formula is C16H27NO. The van der Waals surface area contributed by atoms with Gasteiger partial charge >= 0.3 is 0 Å². The zero-order valence-corrected chi connectivity index (χ0v) is 12.2. The quantitative estimate of drug-likeness (QED) is 0.699. The molecule has 2 unspecified atom stereocenters. The van der Waals surface area contributed by atoms with Gasteiger partial charge in [-0.2, -0.15) is 0 Å². The Hall–Kier alpha value is -0.860. The van der Waals surface area contributed by atoms with E-state index >= 15 is 0 Å². The monoisotopic (exact) mass is 249 g/mol. The highest BCUT2D eigenvalue weighted by molar-refractivity contribution is 5.18. The molecule has 0 heterocycles. The average molecular weight is 249 g/mol. The van der Waals surface area contributed by atoms with E-state index in [1.807, 2.05) is 0 Å². The lowest BCUT2D eigenvalue weighted by Gasteiger charge is -2.24. The van der Waals surface area contributed by atoms with Gasteiger partial charge in [0.15, 0.2) is 0 Å². The van der Waals surface area contributed by atoms with Crippen molar-refractivity contribution in [1.82, 2.24) is 4.90 Å². The van der Waals surface area contributed by atoms with Crippen molar-refractivity contribution in [3.63, 3.8) is 0 Å². The van der Waals surface area contributed by atoms with Gasteiger partial charge in [-0.3, -0.25) is 0 Å². The number of hydrogen-bond donors (Lipinski definition) is 0. The van der Waals surface area contributed by atoms with E-state index < -0.39 is 0 Å². The van der Waals surface area contributed by atoms with Gasteiger partial charge in [0.2, 0.25) is 0 Å². The molecule has 0 fully saturated rings. The number of likely N-dealkylation sites (N-methyl/N-ethyl adjacent to an activating group) is 1. The molecule has 0 aliphatic heterocycles. The fourth-order valence-corrected chi connectivity index (χ4v) is 2.08. The van der Waals surface area contributed by atoms with Crippen LogP contribution in [0.2, 0.25) is 0 Å². The van der Waals surface area contributed by atoms with Crippen molar-refractivity contribution in [3.8, 4) is 0 Å². The molecule has 102 valence electrons. The van der Waals surface area contributed by atoms with Gasteiger partial charge in [-0.1, -0.05) is 51.1 Å². The summed E-state index contributed by atoms with van der Waals surface area (Å²) in [5.74, 6) is 0.463. The van der Waals surface area contributed by atoms with Crippen LogP contribution >= 0.6 is 0 Å². The highest BCUT2D eigenvalue weighted by atomic mass is 16.5. The number of benzene rings is 1. The average Bonchev–Trinajstić information content (AvgIpc) is 2.43. The van der Waals surface area contributed by atoms with Crippen LogP contribution in [0, 0.1) is 0 Å². The molecule has 0 aliphatic rings.